The average molecular weight is 447 g/mol. The molecule has 0 amide bonds. The van der Waals surface area contributed by atoms with Gasteiger partial charge in [0.25, 0.3) is 5.56 Å². The summed E-state index contributed by atoms with van der Waals surface area (Å²) in [4.78, 5) is 12.9. The molecule has 0 saturated heterocycles. The number of ether oxygens (including phenoxy) is 2. The Kier molecular flexibility index (Phi) is 5.76. The highest BCUT2D eigenvalue weighted by Crippen LogP contribution is 2.38. The van der Waals surface area contributed by atoms with Gasteiger partial charge in [0.1, 0.15) is 34.8 Å². The molecule has 0 atom stereocenters. The van der Waals surface area contributed by atoms with Gasteiger partial charge in [-0.3, -0.25) is 9.48 Å². The number of hydrogen-bond donors (Lipinski definition) is 0. The number of rotatable bonds is 5. The second-order valence-corrected chi connectivity index (χ2v) is 7.52. The lowest BCUT2D eigenvalue weighted by molar-refractivity contribution is 0.356. The molecule has 2 aromatic carbocycles. The maximum atomic E-state index is 14.8. The molecular formula is C22H17Cl2FN2O3. The number of hydrogen-bond acceptors (Lipinski definition) is 3. The van der Waals surface area contributed by atoms with E-state index in [2.05, 4.69) is 5.92 Å². The van der Waals surface area contributed by atoms with Crippen LogP contribution in [0.15, 0.2) is 41.2 Å². The Hall–Kier alpha value is -2.88. The third kappa shape index (κ3) is 3.79. The fourth-order valence-electron chi connectivity index (χ4n) is 3.43. The van der Waals surface area contributed by atoms with E-state index in [1.165, 1.54) is 6.07 Å². The van der Waals surface area contributed by atoms with Crippen molar-refractivity contribution in [3.05, 3.63) is 62.7 Å². The van der Waals surface area contributed by atoms with Crippen molar-refractivity contribution in [2.24, 2.45) is 0 Å². The van der Waals surface area contributed by atoms with Crippen LogP contribution in [-0.2, 0) is 13.1 Å². The third-order valence-corrected chi connectivity index (χ3v) is 5.49. The van der Waals surface area contributed by atoms with Crippen LogP contribution in [-0.4, -0.2) is 16.0 Å². The largest absolute Gasteiger partial charge is 0.481 e. The van der Waals surface area contributed by atoms with Gasteiger partial charge in [0.05, 0.1) is 10.6 Å². The molecule has 4 rings (SSSR count). The third-order valence-electron chi connectivity index (χ3n) is 4.81. The Morgan fingerprint density at radius 3 is 2.57 bits per heavy atom. The van der Waals surface area contributed by atoms with Crippen molar-refractivity contribution >= 4 is 23.2 Å². The van der Waals surface area contributed by atoms with E-state index >= 15 is 0 Å². The zero-order valence-electron chi connectivity index (χ0n) is 15.8. The van der Waals surface area contributed by atoms with Crippen molar-refractivity contribution in [2.75, 3.05) is 6.61 Å². The molecule has 1 aromatic heterocycles. The van der Waals surface area contributed by atoms with Crippen molar-refractivity contribution in [1.82, 2.24) is 9.36 Å². The van der Waals surface area contributed by atoms with Crippen LogP contribution in [0.5, 0.6) is 17.2 Å². The maximum Gasteiger partial charge on any atom is 0.276 e. The zero-order chi connectivity index (χ0) is 21.3. The van der Waals surface area contributed by atoms with Gasteiger partial charge in [0.2, 0.25) is 0 Å². The summed E-state index contributed by atoms with van der Waals surface area (Å²) in [5, 5.41) is 0.267. The molecule has 0 bridgehead atoms. The van der Waals surface area contributed by atoms with E-state index < -0.39 is 5.82 Å². The molecule has 1 aliphatic rings. The number of fused-ring (bicyclic) bond motifs is 1. The van der Waals surface area contributed by atoms with Gasteiger partial charge in [-0.2, -0.15) is 0 Å². The van der Waals surface area contributed by atoms with Crippen LogP contribution < -0.4 is 15.0 Å². The molecule has 0 N–H and O–H groups in total. The summed E-state index contributed by atoms with van der Waals surface area (Å²) < 4.78 is 29.2. The summed E-state index contributed by atoms with van der Waals surface area (Å²) in [7, 11) is 0. The standard InChI is InChI=1S/C22H17Cl2FN2O3/c1-2-10-29-14-6-5-7-15(11-14)30-19-12-16(18(25)13-17(19)23)20-21(24)26-8-3-4-9-27(26)22(20)28/h1,5-7,11-13H,3-4,8-10H2. The van der Waals surface area contributed by atoms with E-state index in [4.69, 9.17) is 39.1 Å². The minimum Gasteiger partial charge on any atom is -0.481 e. The van der Waals surface area contributed by atoms with E-state index in [0.717, 1.165) is 18.9 Å². The molecule has 3 aromatic rings. The monoisotopic (exact) mass is 446 g/mol. The fourth-order valence-corrected chi connectivity index (χ4v) is 3.98. The summed E-state index contributed by atoms with van der Waals surface area (Å²) in [5.74, 6) is 2.86. The van der Waals surface area contributed by atoms with Crippen LogP contribution in [0, 0.1) is 18.2 Å². The molecule has 30 heavy (non-hydrogen) atoms. The molecule has 0 fully saturated rings. The van der Waals surface area contributed by atoms with E-state index in [-0.39, 0.29) is 39.2 Å². The van der Waals surface area contributed by atoms with E-state index in [1.54, 1.807) is 33.6 Å². The van der Waals surface area contributed by atoms with Gasteiger partial charge in [-0.15, -0.1) is 6.42 Å². The first-order valence-corrected chi connectivity index (χ1v) is 10.1. The van der Waals surface area contributed by atoms with Gasteiger partial charge in [-0.25, -0.2) is 9.07 Å². The molecular weight excluding hydrogens is 430 g/mol. The summed E-state index contributed by atoms with van der Waals surface area (Å²) in [6.45, 7) is 1.27. The molecule has 0 aliphatic carbocycles. The van der Waals surface area contributed by atoms with Gasteiger partial charge in [-0.1, -0.05) is 35.2 Å². The first-order chi connectivity index (χ1) is 14.5. The Bertz CT molecular complexity index is 1210. The van der Waals surface area contributed by atoms with Crippen LogP contribution in [0.25, 0.3) is 11.1 Å². The Balaban J connectivity index is 1.74. The quantitative estimate of drug-likeness (QED) is 0.495. The van der Waals surface area contributed by atoms with Crippen LogP contribution in [0.3, 0.4) is 0 Å². The predicted molar refractivity (Wildman–Crippen MR) is 114 cm³/mol. The second-order valence-electron chi connectivity index (χ2n) is 6.76. The van der Waals surface area contributed by atoms with Crippen LogP contribution in [0.2, 0.25) is 10.2 Å². The molecule has 0 radical (unpaired) electrons. The van der Waals surface area contributed by atoms with E-state index in [1.807, 2.05) is 0 Å². The molecule has 154 valence electrons. The van der Waals surface area contributed by atoms with Crippen LogP contribution in [0.4, 0.5) is 4.39 Å². The lowest BCUT2D eigenvalue weighted by atomic mass is 10.1. The first-order valence-electron chi connectivity index (χ1n) is 9.32. The lowest BCUT2D eigenvalue weighted by Crippen LogP contribution is -2.27. The number of terminal acetylenes is 1. The first kappa shape index (κ1) is 20.4. The maximum absolute atomic E-state index is 14.8. The van der Waals surface area contributed by atoms with Gasteiger partial charge in [0, 0.05) is 24.7 Å². The van der Waals surface area contributed by atoms with Gasteiger partial charge in [-0.05, 0) is 37.1 Å². The molecule has 5 nitrogen and oxygen atoms in total. The Labute approximate surface area is 182 Å². The number of halogens is 3. The summed E-state index contributed by atoms with van der Waals surface area (Å²) in [6, 6.07) is 9.29. The molecule has 1 aliphatic heterocycles. The Morgan fingerprint density at radius 1 is 1.10 bits per heavy atom. The SMILES string of the molecule is C#CCOc1cccc(Oc2cc(-c3c(Cl)n4n(c3=O)CCCC4)c(F)cc2Cl)c1. The summed E-state index contributed by atoms with van der Waals surface area (Å²) in [6.07, 6.45) is 6.98. The number of aromatic nitrogens is 2. The van der Waals surface area contributed by atoms with Gasteiger partial charge >= 0.3 is 0 Å². The average Bonchev–Trinajstić information content (AvgIpc) is 2.99. The molecule has 0 unspecified atom stereocenters. The van der Waals surface area contributed by atoms with Crippen molar-refractivity contribution < 1.29 is 13.9 Å². The minimum absolute atomic E-state index is 0.0403. The minimum atomic E-state index is -0.652. The highest BCUT2D eigenvalue weighted by Gasteiger charge is 2.25. The van der Waals surface area contributed by atoms with Crippen molar-refractivity contribution in [3.63, 3.8) is 0 Å². The number of benzene rings is 2. The normalized spacial score (nSPS) is 12.9. The van der Waals surface area contributed by atoms with Crippen LogP contribution >= 0.6 is 23.2 Å². The molecule has 0 spiro atoms. The number of nitrogens with zero attached hydrogens (tertiary/aromatic N) is 2. The van der Waals surface area contributed by atoms with Crippen molar-refractivity contribution in [3.8, 4) is 40.7 Å². The zero-order valence-corrected chi connectivity index (χ0v) is 17.3. The highest BCUT2D eigenvalue weighted by atomic mass is 35.5. The summed E-state index contributed by atoms with van der Waals surface area (Å²) >= 11 is 12.6. The van der Waals surface area contributed by atoms with Crippen molar-refractivity contribution in [2.45, 2.75) is 25.9 Å². The molecule has 8 heteroatoms. The molecule has 2 heterocycles. The second kappa shape index (κ2) is 8.47. The smallest absolute Gasteiger partial charge is 0.276 e. The lowest BCUT2D eigenvalue weighted by Gasteiger charge is -2.17. The van der Waals surface area contributed by atoms with Gasteiger partial charge in [0.15, 0.2) is 0 Å². The van der Waals surface area contributed by atoms with Crippen molar-refractivity contribution in [1.29, 1.82) is 0 Å². The predicted octanol–water partition coefficient (Wildman–Crippen LogP) is 5.36. The Morgan fingerprint density at radius 2 is 1.83 bits per heavy atom. The van der Waals surface area contributed by atoms with Crippen LogP contribution in [0.1, 0.15) is 12.8 Å². The highest BCUT2D eigenvalue weighted by molar-refractivity contribution is 6.33. The van der Waals surface area contributed by atoms with E-state index in [0.29, 0.717) is 24.6 Å². The topological polar surface area (TPSA) is 45.4 Å². The fraction of sp³-hybridized carbons (Fsp3) is 0.227. The molecule has 0 saturated carbocycles. The van der Waals surface area contributed by atoms with Gasteiger partial charge < -0.3 is 9.47 Å². The van der Waals surface area contributed by atoms with E-state index in [9.17, 15) is 9.18 Å². The summed E-state index contributed by atoms with van der Waals surface area (Å²) in [5.41, 5.74) is -0.196.